The molecule has 0 atom stereocenters. The van der Waals surface area contributed by atoms with Gasteiger partial charge in [-0.25, -0.2) is 8.78 Å². The van der Waals surface area contributed by atoms with E-state index in [0.717, 1.165) is 33.9 Å². The third-order valence-corrected chi connectivity index (χ3v) is 3.68. The summed E-state index contributed by atoms with van der Waals surface area (Å²) in [5, 5.41) is 15.8. The molecule has 0 unspecified atom stereocenters. The molecule has 0 radical (unpaired) electrons. The van der Waals surface area contributed by atoms with Crippen molar-refractivity contribution in [3.05, 3.63) is 83.9 Å². The van der Waals surface area contributed by atoms with Crippen LogP contribution in [0, 0.1) is 11.6 Å². The normalized spacial score (nSPS) is 10.8. The van der Waals surface area contributed by atoms with Crippen molar-refractivity contribution in [2.24, 2.45) is 0 Å². The van der Waals surface area contributed by atoms with Crippen LogP contribution >= 0.6 is 0 Å². The molecule has 9 heteroatoms. The van der Waals surface area contributed by atoms with Gasteiger partial charge >= 0.3 is 0 Å². The van der Waals surface area contributed by atoms with E-state index in [9.17, 15) is 13.6 Å². The van der Waals surface area contributed by atoms with Crippen molar-refractivity contribution in [1.29, 1.82) is 0 Å². The Bertz CT molecular complexity index is 991. The van der Waals surface area contributed by atoms with Crippen LogP contribution in [0.5, 0.6) is 0 Å². The average molecular weight is 352 g/mol. The largest absolute Gasteiger partial charge is 0.288 e. The zero-order chi connectivity index (χ0) is 18.1. The summed E-state index contributed by atoms with van der Waals surface area (Å²) in [5.41, 5.74) is 0.651. The molecule has 26 heavy (non-hydrogen) atoms. The summed E-state index contributed by atoms with van der Waals surface area (Å²) >= 11 is 0. The minimum Gasteiger partial charge on any atom is -0.288 e. The quantitative estimate of drug-likeness (QED) is 0.527. The van der Waals surface area contributed by atoms with E-state index in [0.29, 0.717) is 0 Å². The number of halogens is 2. The van der Waals surface area contributed by atoms with Crippen LogP contribution in [-0.2, 0) is 0 Å². The number of hydrogen-bond donors (Lipinski definition) is 0. The fourth-order valence-electron chi connectivity index (χ4n) is 2.55. The Kier molecular flexibility index (Phi) is 3.81. The molecule has 2 heterocycles. The lowest BCUT2D eigenvalue weighted by molar-refractivity contribution is 0.103. The lowest BCUT2D eigenvalue weighted by atomic mass is 10.00. The fraction of sp³-hybridized carbons (Fsp3) is 0. The summed E-state index contributed by atoms with van der Waals surface area (Å²) in [5.74, 6) is -1.55. The molecule has 0 aliphatic rings. The summed E-state index contributed by atoms with van der Waals surface area (Å²) in [7, 11) is 0. The molecule has 4 rings (SSSR count). The summed E-state index contributed by atoms with van der Waals surface area (Å²) in [6, 6.07) is 7.30. The minimum atomic E-state index is -0.540. The predicted molar refractivity (Wildman–Crippen MR) is 86.1 cm³/mol. The van der Waals surface area contributed by atoms with Gasteiger partial charge in [0.25, 0.3) is 0 Å². The van der Waals surface area contributed by atoms with Gasteiger partial charge in [-0.15, -0.1) is 0 Å². The number of aromatic nitrogens is 6. The van der Waals surface area contributed by atoms with E-state index in [1.807, 2.05) is 0 Å². The number of benzene rings is 2. The van der Waals surface area contributed by atoms with E-state index in [-0.39, 0.29) is 22.5 Å². The third kappa shape index (κ3) is 2.75. The molecule has 2 aromatic heterocycles. The van der Waals surface area contributed by atoms with Gasteiger partial charge in [-0.1, -0.05) is 0 Å². The van der Waals surface area contributed by atoms with Gasteiger partial charge in [0, 0.05) is 12.1 Å². The van der Waals surface area contributed by atoms with E-state index in [4.69, 9.17) is 0 Å². The molecule has 128 valence electrons. The van der Waals surface area contributed by atoms with Gasteiger partial charge in [-0.05, 0) is 24.3 Å². The Hall–Kier alpha value is -3.75. The maximum Gasteiger partial charge on any atom is 0.197 e. The Labute approximate surface area is 145 Å². The van der Waals surface area contributed by atoms with Gasteiger partial charge in [0.05, 0.1) is 47.3 Å². The fourth-order valence-corrected chi connectivity index (χ4v) is 2.55. The summed E-state index contributed by atoms with van der Waals surface area (Å²) < 4.78 is 27.4. The molecule has 0 spiro atoms. The first-order chi connectivity index (χ1) is 12.6. The Balaban J connectivity index is 1.88. The monoisotopic (exact) mass is 352 g/mol. The smallest absolute Gasteiger partial charge is 0.197 e. The second-order valence-electron chi connectivity index (χ2n) is 5.29. The molecule has 0 amide bonds. The number of carbonyl (C=O) groups excluding carboxylic acids is 1. The van der Waals surface area contributed by atoms with Gasteiger partial charge in [0.1, 0.15) is 11.6 Å². The first-order valence-corrected chi connectivity index (χ1v) is 7.50. The lowest BCUT2D eigenvalue weighted by Gasteiger charge is -2.11. The van der Waals surface area contributed by atoms with Crippen LogP contribution < -0.4 is 0 Å². The average Bonchev–Trinajstić information content (AvgIpc) is 3.35. The lowest BCUT2D eigenvalue weighted by Crippen LogP contribution is -2.13. The molecule has 0 N–H and O–H groups in total. The van der Waals surface area contributed by atoms with Crippen LogP contribution in [0.3, 0.4) is 0 Å². The van der Waals surface area contributed by atoms with Crippen molar-refractivity contribution in [3.63, 3.8) is 0 Å². The molecular weight excluding hydrogens is 342 g/mol. The zero-order valence-corrected chi connectivity index (χ0v) is 13.1. The maximum atomic E-state index is 13.7. The van der Waals surface area contributed by atoms with Crippen LogP contribution in [0.4, 0.5) is 8.78 Å². The zero-order valence-electron chi connectivity index (χ0n) is 13.1. The van der Waals surface area contributed by atoms with Crippen molar-refractivity contribution < 1.29 is 13.6 Å². The molecule has 0 saturated carbocycles. The van der Waals surface area contributed by atoms with Crippen molar-refractivity contribution in [2.45, 2.75) is 0 Å². The van der Waals surface area contributed by atoms with Crippen LogP contribution in [-0.4, -0.2) is 35.8 Å². The molecule has 0 aliphatic carbocycles. The van der Waals surface area contributed by atoms with E-state index in [1.165, 1.54) is 36.9 Å². The topological polar surface area (TPSA) is 78.5 Å². The number of carbonyl (C=O) groups is 1. The number of nitrogens with zero attached hydrogens (tertiary/aromatic N) is 6. The van der Waals surface area contributed by atoms with Crippen molar-refractivity contribution in [2.75, 3.05) is 0 Å². The van der Waals surface area contributed by atoms with Crippen LogP contribution in [0.25, 0.3) is 11.4 Å². The highest BCUT2D eigenvalue weighted by Gasteiger charge is 2.21. The van der Waals surface area contributed by atoms with Crippen LogP contribution in [0.2, 0.25) is 0 Å². The third-order valence-electron chi connectivity index (χ3n) is 3.68. The molecule has 0 fully saturated rings. The van der Waals surface area contributed by atoms with Gasteiger partial charge < -0.3 is 0 Å². The SMILES string of the molecule is O=C(c1ccc(F)cc1-n1nccn1)c1ccc(F)cc1-n1nccn1. The standard InChI is InChI=1S/C17H10F2N6O/c18-11-1-3-13(15(9-11)24-20-5-6-21-24)17(26)14-4-2-12(19)10-16(14)25-22-7-8-23-25/h1-10H. The number of ketones is 1. The Morgan fingerprint density at radius 3 is 1.46 bits per heavy atom. The first-order valence-electron chi connectivity index (χ1n) is 7.50. The van der Waals surface area contributed by atoms with E-state index < -0.39 is 17.4 Å². The van der Waals surface area contributed by atoms with Crippen LogP contribution in [0.15, 0.2) is 61.2 Å². The van der Waals surface area contributed by atoms with Crippen molar-refractivity contribution >= 4 is 5.78 Å². The van der Waals surface area contributed by atoms with E-state index in [2.05, 4.69) is 20.4 Å². The highest BCUT2D eigenvalue weighted by Crippen LogP contribution is 2.23. The molecule has 0 bridgehead atoms. The Morgan fingerprint density at radius 1 is 0.692 bits per heavy atom. The summed E-state index contributed by atoms with van der Waals surface area (Å²) in [4.78, 5) is 15.4. The molecule has 0 saturated heterocycles. The second kappa shape index (κ2) is 6.28. The second-order valence-corrected chi connectivity index (χ2v) is 5.29. The van der Waals surface area contributed by atoms with Gasteiger partial charge in [0.2, 0.25) is 0 Å². The Morgan fingerprint density at radius 2 is 1.08 bits per heavy atom. The van der Waals surface area contributed by atoms with Crippen molar-refractivity contribution in [1.82, 2.24) is 30.0 Å². The van der Waals surface area contributed by atoms with E-state index >= 15 is 0 Å². The molecule has 7 nitrogen and oxygen atoms in total. The van der Waals surface area contributed by atoms with Gasteiger partial charge in [-0.3, -0.25) is 4.79 Å². The highest BCUT2D eigenvalue weighted by atomic mass is 19.1. The molecule has 2 aromatic carbocycles. The van der Waals surface area contributed by atoms with E-state index in [1.54, 1.807) is 0 Å². The number of hydrogen-bond acceptors (Lipinski definition) is 5. The van der Waals surface area contributed by atoms with Crippen LogP contribution in [0.1, 0.15) is 15.9 Å². The summed E-state index contributed by atoms with van der Waals surface area (Å²) in [6.07, 6.45) is 5.65. The molecule has 4 aromatic rings. The molecule has 0 aliphatic heterocycles. The summed E-state index contributed by atoms with van der Waals surface area (Å²) in [6.45, 7) is 0. The highest BCUT2D eigenvalue weighted by molar-refractivity contribution is 6.13. The van der Waals surface area contributed by atoms with Gasteiger partial charge in [0.15, 0.2) is 5.78 Å². The molecular formula is C17H10F2N6O. The minimum absolute atomic E-state index is 0.155. The maximum absolute atomic E-state index is 13.7. The van der Waals surface area contributed by atoms with Gasteiger partial charge in [-0.2, -0.15) is 30.0 Å². The van der Waals surface area contributed by atoms with Crippen molar-refractivity contribution in [3.8, 4) is 11.4 Å². The predicted octanol–water partition coefficient (Wildman–Crippen LogP) is 2.36. The first kappa shape index (κ1) is 15.8. The number of rotatable bonds is 4.